The third kappa shape index (κ3) is 5.07. The van der Waals surface area contributed by atoms with Gasteiger partial charge < -0.3 is 9.47 Å². The molecule has 0 aliphatic carbocycles. The fourth-order valence-electron chi connectivity index (χ4n) is 1.48. The minimum Gasteiger partial charge on any atom is -0.498 e. The molecule has 0 saturated carbocycles. The van der Waals surface area contributed by atoms with E-state index in [0.717, 1.165) is 5.57 Å². The molecular formula is C14H24O3. The summed E-state index contributed by atoms with van der Waals surface area (Å²) >= 11 is 0. The van der Waals surface area contributed by atoms with Gasteiger partial charge in [-0.2, -0.15) is 0 Å². The maximum absolute atomic E-state index is 12.1. The lowest BCUT2D eigenvalue weighted by Gasteiger charge is -2.28. The average Bonchev–Trinajstić information content (AvgIpc) is 2.22. The molecule has 0 N–H and O–H groups in total. The largest absolute Gasteiger partial charge is 0.498 e. The first-order chi connectivity index (χ1) is 7.84. The monoisotopic (exact) mass is 240 g/mol. The van der Waals surface area contributed by atoms with Gasteiger partial charge in [0, 0.05) is 0 Å². The molecule has 0 aromatic carbocycles. The summed E-state index contributed by atoms with van der Waals surface area (Å²) in [6.45, 7) is 13.9. The number of rotatable bonds is 7. The zero-order chi connectivity index (χ0) is 13.5. The van der Waals surface area contributed by atoms with E-state index in [1.807, 2.05) is 40.7 Å². The van der Waals surface area contributed by atoms with Crippen LogP contribution in [0, 0.1) is 11.3 Å². The van der Waals surface area contributed by atoms with Gasteiger partial charge in [-0.15, -0.1) is 0 Å². The van der Waals surface area contributed by atoms with Crippen molar-refractivity contribution in [3.63, 3.8) is 0 Å². The summed E-state index contributed by atoms with van der Waals surface area (Å²) in [4.78, 5) is 12.1. The highest BCUT2D eigenvalue weighted by Crippen LogP contribution is 2.31. The van der Waals surface area contributed by atoms with Gasteiger partial charge in [-0.3, -0.25) is 4.79 Å². The van der Waals surface area contributed by atoms with Crippen molar-refractivity contribution in [2.75, 3.05) is 13.2 Å². The lowest BCUT2D eigenvalue weighted by molar-refractivity contribution is -0.155. The third-order valence-electron chi connectivity index (χ3n) is 2.78. The van der Waals surface area contributed by atoms with E-state index in [1.165, 1.54) is 6.26 Å². The van der Waals surface area contributed by atoms with Crippen LogP contribution in [0.1, 0.15) is 34.6 Å². The number of ether oxygens (including phenoxy) is 2. The van der Waals surface area contributed by atoms with Crippen molar-refractivity contribution in [1.82, 2.24) is 0 Å². The molecule has 3 nitrogen and oxygen atoms in total. The van der Waals surface area contributed by atoms with Crippen molar-refractivity contribution in [3.8, 4) is 0 Å². The molecule has 0 heterocycles. The van der Waals surface area contributed by atoms with Crippen molar-refractivity contribution in [1.29, 1.82) is 0 Å². The number of allylic oxidation sites excluding steroid dienone is 1. The number of hydrogen-bond acceptors (Lipinski definition) is 3. The predicted molar refractivity (Wildman–Crippen MR) is 69.5 cm³/mol. The molecule has 0 bridgehead atoms. The molecule has 0 rings (SSSR count). The lowest BCUT2D eigenvalue weighted by Crippen LogP contribution is -2.34. The minimum atomic E-state index is -0.576. The SMILES string of the molecule is C=COCCOC(=O)C(C)(C=C(C)C)C(C)C. The Bertz CT molecular complexity index is 288. The Balaban J connectivity index is 4.56. The Morgan fingerprint density at radius 3 is 2.35 bits per heavy atom. The van der Waals surface area contributed by atoms with Gasteiger partial charge >= 0.3 is 5.97 Å². The standard InChI is InChI=1S/C14H24O3/c1-7-16-8-9-17-13(15)14(6,12(4)5)10-11(2)3/h7,10,12H,1,8-9H2,2-6H3. The Labute approximate surface area is 104 Å². The van der Waals surface area contributed by atoms with Gasteiger partial charge in [0.15, 0.2) is 0 Å². The highest BCUT2D eigenvalue weighted by atomic mass is 16.6. The van der Waals surface area contributed by atoms with Crippen molar-refractivity contribution < 1.29 is 14.3 Å². The maximum Gasteiger partial charge on any atom is 0.316 e. The van der Waals surface area contributed by atoms with Gasteiger partial charge in [0.05, 0.1) is 11.7 Å². The number of carbonyl (C=O) groups excluding carboxylic acids is 1. The fourth-order valence-corrected chi connectivity index (χ4v) is 1.48. The van der Waals surface area contributed by atoms with Crippen LogP contribution in [-0.4, -0.2) is 19.2 Å². The molecule has 0 spiro atoms. The van der Waals surface area contributed by atoms with Crippen LogP contribution in [0.5, 0.6) is 0 Å². The van der Waals surface area contributed by atoms with Crippen molar-refractivity contribution in [3.05, 3.63) is 24.5 Å². The highest BCUT2D eigenvalue weighted by Gasteiger charge is 2.35. The summed E-state index contributed by atoms with van der Waals surface area (Å²) in [6, 6.07) is 0. The summed E-state index contributed by atoms with van der Waals surface area (Å²) in [7, 11) is 0. The Morgan fingerprint density at radius 1 is 1.35 bits per heavy atom. The second-order valence-electron chi connectivity index (χ2n) is 4.83. The van der Waals surface area contributed by atoms with E-state index < -0.39 is 5.41 Å². The molecule has 3 heteroatoms. The van der Waals surface area contributed by atoms with Gasteiger partial charge in [0.25, 0.3) is 0 Å². The van der Waals surface area contributed by atoms with Crippen LogP contribution in [-0.2, 0) is 14.3 Å². The first-order valence-electron chi connectivity index (χ1n) is 5.90. The van der Waals surface area contributed by atoms with Crippen molar-refractivity contribution >= 4 is 5.97 Å². The lowest BCUT2D eigenvalue weighted by atomic mass is 9.78. The van der Waals surface area contributed by atoms with E-state index in [-0.39, 0.29) is 18.5 Å². The topological polar surface area (TPSA) is 35.5 Å². The normalized spacial score (nSPS) is 13.8. The Hall–Kier alpha value is -1.25. The summed E-state index contributed by atoms with van der Waals surface area (Å²) in [5.74, 6) is -0.0217. The zero-order valence-corrected chi connectivity index (χ0v) is 11.6. The molecule has 0 saturated heterocycles. The highest BCUT2D eigenvalue weighted by molar-refractivity contribution is 5.79. The van der Waals surface area contributed by atoms with Gasteiger partial charge in [0.1, 0.15) is 13.2 Å². The number of hydrogen-bond donors (Lipinski definition) is 0. The van der Waals surface area contributed by atoms with Crippen molar-refractivity contribution in [2.45, 2.75) is 34.6 Å². The third-order valence-corrected chi connectivity index (χ3v) is 2.78. The van der Waals surface area contributed by atoms with E-state index in [0.29, 0.717) is 6.61 Å². The van der Waals surface area contributed by atoms with E-state index in [2.05, 4.69) is 6.58 Å². The minimum absolute atomic E-state index is 0.185. The summed E-state index contributed by atoms with van der Waals surface area (Å²) in [5, 5.41) is 0. The van der Waals surface area contributed by atoms with Gasteiger partial charge in [0.2, 0.25) is 0 Å². The molecule has 0 fully saturated rings. The first-order valence-corrected chi connectivity index (χ1v) is 5.90. The quantitative estimate of drug-likeness (QED) is 0.296. The molecule has 0 aliphatic rings. The molecule has 0 aromatic heterocycles. The predicted octanol–water partition coefficient (Wildman–Crippen LogP) is 3.32. The van der Waals surface area contributed by atoms with Crippen LogP contribution in [0.2, 0.25) is 0 Å². The van der Waals surface area contributed by atoms with Gasteiger partial charge in [-0.25, -0.2) is 0 Å². The molecular weight excluding hydrogens is 216 g/mol. The van der Waals surface area contributed by atoms with Gasteiger partial charge in [-0.05, 0) is 26.7 Å². The molecule has 0 amide bonds. The fraction of sp³-hybridized carbons (Fsp3) is 0.643. The first kappa shape index (κ1) is 15.8. The smallest absolute Gasteiger partial charge is 0.316 e. The van der Waals surface area contributed by atoms with Crippen LogP contribution < -0.4 is 0 Å². The molecule has 0 aliphatic heterocycles. The summed E-state index contributed by atoms with van der Waals surface area (Å²) < 4.78 is 10.1. The van der Waals surface area contributed by atoms with Crippen molar-refractivity contribution in [2.24, 2.45) is 11.3 Å². The van der Waals surface area contributed by atoms with Crippen LogP contribution in [0.25, 0.3) is 0 Å². The Morgan fingerprint density at radius 2 is 1.94 bits per heavy atom. The Kier molecular flexibility index (Phi) is 6.62. The van der Waals surface area contributed by atoms with Crippen LogP contribution >= 0.6 is 0 Å². The maximum atomic E-state index is 12.1. The van der Waals surface area contributed by atoms with Crippen LogP contribution in [0.3, 0.4) is 0 Å². The molecule has 1 unspecified atom stereocenters. The van der Waals surface area contributed by atoms with E-state index in [9.17, 15) is 4.79 Å². The zero-order valence-electron chi connectivity index (χ0n) is 11.6. The molecule has 98 valence electrons. The van der Waals surface area contributed by atoms with Gasteiger partial charge in [-0.1, -0.05) is 32.1 Å². The summed E-state index contributed by atoms with van der Waals surface area (Å²) in [6.07, 6.45) is 3.31. The average molecular weight is 240 g/mol. The van der Waals surface area contributed by atoms with Crippen LogP contribution in [0.15, 0.2) is 24.5 Å². The van der Waals surface area contributed by atoms with E-state index in [4.69, 9.17) is 9.47 Å². The second kappa shape index (κ2) is 7.15. The second-order valence-corrected chi connectivity index (χ2v) is 4.83. The molecule has 1 atom stereocenters. The van der Waals surface area contributed by atoms with Crippen LogP contribution in [0.4, 0.5) is 0 Å². The molecule has 17 heavy (non-hydrogen) atoms. The number of carbonyl (C=O) groups is 1. The van der Waals surface area contributed by atoms with E-state index >= 15 is 0 Å². The number of esters is 1. The molecule has 0 aromatic rings. The summed E-state index contributed by atoms with van der Waals surface area (Å²) in [5.41, 5.74) is 0.535. The molecule has 0 radical (unpaired) electrons. The van der Waals surface area contributed by atoms with E-state index in [1.54, 1.807) is 0 Å².